The first-order chi connectivity index (χ1) is 16.5. The van der Waals surface area contributed by atoms with Gasteiger partial charge in [0.15, 0.2) is 5.78 Å². The molecule has 2 heteroatoms. The molecule has 1 aromatic carbocycles. The predicted molar refractivity (Wildman–Crippen MR) is 142 cm³/mol. The van der Waals surface area contributed by atoms with Crippen LogP contribution in [0.4, 0.5) is 0 Å². The molecule has 0 atom stereocenters. The summed E-state index contributed by atoms with van der Waals surface area (Å²) < 4.78 is 0. The predicted octanol–water partition coefficient (Wildman–Crippen LogP) is 9.45. The Morgan fingerprint density at radius 1 is 0.824 bits per heavy atom. The molecule has 0 unspecified atom stereocenters. The number of carbonyl (C=O) groups excluding carboxylic acids is 1. The molecule has 3 aliphatic rings. The molecule has 3 aliphatic carbocycles. The van der Waals surface area contributed by atoms with Gasteiger partial charge in [-0.25, -0.2) is 0 Å². The maximum atomic E-state index is 12.3. The highest BCUT2D eigenvalue weighted by Gasteiger charge is 2.30. The van der Waals surface area contributed by atoms with E-state index in [0.29, 0.717) is 17.9 Å². The van der Waals surface area contributed by atoms with Crippen molar-refractivity contribution in [3.63, 3.8) is 0 Å². The van der Waals surface area contributed by atoms with Crippen LogP contribution in [0.3, 0.4) is 0 Å². The van der Waals surface area contributed by atoms with E-state index in [1.54, 1.807) is 0 Å². The van der Waals surface area contributed by atoms with Crippen molar-refractivity contribution in [3.05, 3.63) is 29.3 Å². The molecule has 1 aromatic rings. The van der Waals surface area contributed by atoms with E-state index < -0.39 is 0 Å². The third-order valence-electron chi connectivity index (χ3n) is 10.00. The average molecular weight is 467 g/mol. The largest absolute Gasteiger partial charge is 0.507 e. The second kappa shape index (κ2) is 12.6. The highest BCUT2D eigenvalue weighted by molar-refractivity contribution is 5.98. The molecule has 0 radical (unpaired) electrons. The first-order valence-electron chi connectivity index (χ1n) is 14.9. The number of benzene rings is 1. The Balaban J connectivity index is 1.16. The van der Waals surface area contributed by atoms with Gasteiger partial charge in [0.25, 0.3) is 0 Å². The number of hydrogen-bond donors (Lipinski definition) is 1. The molecular weight excluding hydrogens is 416 g/mol. The Hall–Kier alpha value is -1.31. The van der Waals surface area contributed by atoms with E-state index in [2.05, 4.69) is 19.9 Å². The molecule has 0 amide bonds. The van der Waals surface area contributed by atoms with Gasteiger partial charge in [0.1, 0.15) is 5.75 Å². The summed E-state index contributed by atoms with van der Waals surface area (Å²) in [4.78, 5) is 12.3. The van der Waals surface area contributed by atoms with Crippen LogP contribution in [-0.4, -0.2) is 10.9 Å². The molecule has 4 rings (SSSR count). The Labute approximate surface area is 209 Å². The first kappa shape index (κ1) is 25.8. The fraction of sp³-hybridized carbons (Fsp3) is 0.781. The zero-order chi connectivity index (χ0) is 23.9. The van der Waals surface area contributed by atoms with Crippen LogP contribution in [0.5, 0.6) is 5.75 Å². The Bertz CT molecular complexity index is 759. The lowest BCUT2D eigenvalue weighted by Crippen LogP contribution is -2.25. The first-order valence-corrected chi connectivity index (χ1v) is 14.9. The molecular formula is C32H50O2. The van der Waals surface area contributed by atoms with Gasteiger partial charge in [-0.1, -0.05) is 64.9 Å². The summed E-state index contributed by atoms with van der Waals surface area (Å²) >= 11 is 0. The van der Waals surface area contributed by atoms with Crippen molar-refractivity contribution >= 4 is 5.78 Å². The van der Waals surface area contributed by atoms with Gasteiger partial charge < -0.3 is 5.11 Å². The van der Waals surface area contributed by atoms with Crippen LogP contribution in [0, 0.1) is 29.6 Å². The lowest BCUT2D eigenvalue weighted by molar-refractivity contribution is 0.0977. The van der Waals surface area contributed by atoms with E-state index in [4.69, 9.17) is 0 Å². The normalized spacial score (nSPS) is 32.4. The van der Waals surface area contributed by atoms with E-state index in [1.807, 2.05) is 12.1 Å². The molecule has 0 bridgehead atoms. The minimum absolute atomic E-state index is 0.0805. The van der Waals surface area contributed by atoms with Gasteiger partial charge >= 0.3 is 0 Å². The average Bonchev–Trinajstić information content (AvgIpc) is 2.87. The second-order valence-electron chi connectivity index (χ2n) is 12.4. The van der Waals surface area contributed by atoms with Gasteiger partial charge in [0.05, 0.1) is 5.56 Å². The highest BCUT2D eigenvalue weighted by atomic mass is 16.3. The summed E-state index contributed by atoms with van der Waals surface area (Å²) in [5, 5.41) is 10.5. The topological polar surface area (TPSA) is 37.3 Å². The standard InChI is InChI=1S/C32H50O2/c1-3-4-5-31(33)30-21-20-29(22-32(30)34)28-18-12-25(13-19-28)9-8-24-10-16-27(17-11-24)26-14-6-23(2)7-15-26/h20-28,34H,3-19H2,1-2H3. The highest BCUT2D eigenvalue weighted by Crippen LogP contribution is 2.44. The van der Waals surface area contributed by atoms with E-state index >= 15 is 0 Å². The molecule has 0 aromatic heterocycles. The lowest BCUT2D eigenvalue weighted by atomic mass is 9.68. The Morgan fingerprint density at radius 3 is 1.94 bits per heavy atom. The fourth-order valence-corrected chi connectivity index (χ4v) is 7.47. The molecule has 0 saturated heterocycles. The minimum atomic E-state index is 0.0805. The van der Waals surface area contributed by atoms with E-state index in [0.717, 1.165) is 42.4 Å². The number of Topliss-reactive ketones (excluding diaryl/α,β-unsaturated/α-hetero) is 1. The zero-order valence-corrected chi connectivity index (χ0v) is 22.1. The van der Waals surface area contributed by atoms with Gasteiger partial charge in [-0.05, 0) is 111 Å². The van der Waals surface area contributed by atoms with Gasteiger partial charge in [-0.3, -0.25) is 4.79 Å². The van der Waals surface area contributed by atoms with Crippen LogP contribution in [0.2, 0.25) is 0 Å². The Morgan fingerprint density at radius 2 is 1.38 bits per heavy atom. The number of ketones is 1. The van der Waals surface area contributed by atoms with Gasteiger partial charge in [0.2, 0.25) is 0 Å². The van der Waals surface area contributed by atoms with Gasteiger partial charge in [-0.2, -0.15) is 0 Å². The second-order valence-corrected chi connectivity index (χ2v) is 12.4. The van der Waals surface area contributed by atoms with Crippen molar-refractivity contribution in [3.8, 4) is 5.75 Å². The molecule has 0 aliphatic heterocycles. The molecule has 1 N–H and O–H groups in total. The minimum Gasteiger partial charge on any atom is -0.507 e. The molecule has 190 valence electrons. The monoisotopic (exact) mass is 466 g/mol. The van der Waals surface area contributed by atoms with Crippen LogP contribution in [-0.2, 0) is 0 Å². The van der Waals surface area contributed by atoms with Crippen molar-refractivity contribution in [2.24, 2.45) is 29.6 Å². The smallest absolute Gasteiger partial charge is 0.166 e. The SMILES string of the molecule is CCCCC(=O)c1ccc(C2CCC(CCC3CCC(C4CCC(C)CC4)CC3)CC2)cc1O. The van der Waals surface area contributed by atoms with Crippen LogP contribution in [0.25, 0.3) is 0 Å². The maximum Gasteiger partial charge on any atom is 0.166 e. The third-order valence-corrected chi connectivity index (χ3v) is 10.00. The van der Waals surface area contributed by atoms with Crippen LogP contribution in [0.15, 0.2) is 18.2 Å². The van der Waals surface area contributed by atoms with Crippen LogP contribution < -0.4 is 0 Å². The molecule has 2 nitrogen and oxygen atoms in total. The molecule has 34 heavy (non-hydrogen) atoms. The van der Waals surface area contributed by atoms with E-state index in [1.165, 1.54) is 95.5 Å². The number of phenolic OH excluding ortho intramolecular Hbond substituents is 1. The number of phenols is 1. The molecule has 3 saturated carbocycles. The molecule has 3 fully saturated rings. The quantitative estimate of drug-likeness (QED) is 0.368. The summed E-state index contributed by atoms with van der Waals surface area (Å²) in [6, 6.07) is 5.86. The number of hydrogen-bond acceptors (Lipinski definition) is 2. The number of unbranched alkanes of at least 4 members (excludes halogenated alkanes) is 1. The van der Waals surface area contributed by atoms with Crippen molar-refractivity contribution in [2.75, 3.05) is 0 Å². The molecule has 0 heterocycles. The molecule has 0 spiro atoms. The summed E-state index contributed by atoms with van der Waals surface area (Å²) in [7, 11) is 0. The Kier molecular flexibility index (Phi) is 9.54. The maximum absolute atomic E-state index is 12.3. The van der Waals surface area contributed by atoms with Crippen molar-refractivity contribution in [1.82, 2.24) is 0 Å². The summed E-state index contributed by atoms with van der Waals surface area (Å²) in [6.07, 6.45) is 22.5. The fourth-order valence-electron chi connectivity index (χ4n) is 7.47. The number of carbonyl (C=O) groups is 1. The van der Waals surface area contributed by atoms with Gasteiger partial charge in [-0.15, -0.1) is 0 Å². The van der Waals surface area contributed by atoms with Crippen LogP contribution in [0.1, 0.15) is 145 Å². The summed E-state index contributed by atoms with van der Waals surface area (Å²) in [6.45, 7) is 4.54. The van der Waals surface area contributed by atoms with E-state index in [-0.39, 0.29) is 11.5 Å². The van der Waals surface area contributed by atoms with Gasteiger partial charge in [0, 0.05) is 6.42 Å². The lowest BCUT2D eigenvalue weighted by Gasteiger charge is -2.37. The van der Waals surface area contributed by atoms with Crippen LogP contribution >= 0.6 is 0 Å². The van der Waals surface area contributed by atoms with Crippen molar-refractivity contribution < 1.29 is 9.90 Å². The number of aromatic hydroxyl groups is 1. The zero-order valence-electron chi connectivity index (χ0n) is 22.1. The summed E-state index contributed by atoms with van der Waals surface area (Å²) in [5.41, 5.74) is 1.75. The van der Waals surface area contributed by atoms with E-state index in [9.17, 15) is 9.90 Å². The van der Waals surface area contributed by atoms with Crippen molar-refractivity contribution in [2.45, 2.75) is 129 Å². The summed E-state index contributed by atoms with van der Waals surface area (Å²) in [5.74, 6) is 5.79. The third kappa shape index (κ3) is 6.88. The number of rotatable bonds is 9. The van der Waals surface area contributed by atoms with Crippen molar-refractivity contribution in [1.29, 1.82) is 0 Å².